The SMILES string of the molecule is O=C(CN1C(=O)c2cccc3cccc(c23)C1=O)Nc1cccc(Br)c1. The van der Waals surface area contributed by atoms with Gasteiger partial charge in [-0.15, -0.1) is 0 Å². The molecule has 5 nitrogen and oxygen atoms in total. The maximum absolute atomic E-state index is 12.8. The second-order valence-electron chi connectivity index (χ2n) is 5.96. The summed E-state index contributed by atoms with van der Waals surface area (Å²) in [5, 5.41) is 4.19. The number of nitrogens with one attached hydrogen (secondary N) is 1. The molecule has 0 unspecified atom stereocenters. The van der Waals surface area contributed by atoms with Crippen molar-refractivity contribution in [2.24, 2.45) is 0 Å². The largest absolute Gasteiger partial charge is 0.324 e. The van der Waals surface area contributed by atoms with Crippen molar-refractivity contribution in [3.8, 4) is 0 Å². The number of rotatable bonds is 3. The number of hydrogen-bond acceptors (Lipinski definition) is 3. The van der Waals surface area contributed by atoms with Gasteiger partial charge in [0.2, 0.25) is 5.91 Å². The van der Waals surface area contributed by atoms with Crippen molar-refractivity contribution in [1.29, 1.82) is 0 Å². The van der Waals surface area contributed by atoms with E-state index >= 15 is 0 Å². The zero-order chi connectivity index (χ0) is 18.3. The molecule has 3 aromatic carbocycles. The zero-order valence-electron chi connectivity index (χ0n) is 13.5. The Labute approximate surface area is 157 Å². The van der Waals surface area contributed by atoms with Gasteiger partial charge < -0.3 is 5.32 Å². The molecule has 1 heterocycles. The molecule has 1 aliphatic heterocycles. The number of carbonyl (C=O) groups excluding carboxylic acids is 3. The van der Waals surface area contributed by atoms with E-state index in [9.17, 15) is 14.4 Å². The van der Waals surface area contributed by atoms with Gasteiger partial charge >= 0.3 is 0 Å². The Morgan fingerprint density at radius 2 is 1.54 bits per heavy atom. The average molecular weight is 409 g/mol. The van der Waals surface area contributed by atoms with Crippen molar-refractivity contribution in [2.75, 3.05) is 11.9 Å². The highest BCUT2D eigenvalue weighted by molar-refractivity contribution is 9.10. The van der Waals surface area contributed by atoms with Gasteiger partial charge in [0.05, 0.1) is 0 Å². The van der Waals surface area contributed by atoms with E-state index in [-0.39, 0.29) is 6.54 Å². The minimum atomic E-state index is -0.455. The van der Waals surface area contributed by atoms with Crippen LogP contribution in [0.2, 0.25) is 0 Å². The lowest BCUT2D eigenvalue weighted by Gasteiger charge is -2.26. The van der Waals surface area contributed by atoms with Crippen LogP contribution in [0.15, 0.2) is 65.1 Å². The van der Waals surface area contributed by atoms with Crippen LogP contribution < -0.4 is 5.32 Å². The van der Waals surface area contributed by atoms with Crippen molar-refractivity contribution < 1.29 is 14.4 Å². The molecular weight excluding hydrogens is 396 g/mol. The van der Waals surface area contributed by atoms with E-state index in [0.29, 0.717) is 22.2 Å². The number of anilines is 1. The molecule has 0 bridgehead atoms. The van der Waals surface area contributed by atoms with Crippen LogP contribution in [0.25, 0.3) is 10.8 Å². The summed E-state index contributed by atoms with van der Waals surface area (Å²) in [6, 6.07) is 17.7. The predicted octanol–water partition coefficient (Wildman–Crippen LogP) is 3.84. The maximum atomic E-state index is 12.8. The maximum Gasteiger partial charge on any atom is 0.261 e. The summed E-state index contributed by atoms with van der Waals surface area (Å²) >= 11 is 3.33. The van der Waals surface area contributed by atoms with Crippen LogP contribution >= 0.6 is 15.9 Å². The molecule has 1 aliphatic rings. The Morgan fingerprint density at radius 1 is 0.923 bits per heavy atom. The Balaban J connectivity index is 1.63. The summed E-state index contributed by atoms with van der Waals surface area (Å²) in [4.78, 5) is 38.9. The van der Waals surface area contributed by atoms with Gasteiger partial charge in [0.15, 0.2) is 0 Å². The third-order valence-electron chi connectivity index (χ3n) is 4.27. The van der Waals surface area contributed by atoms with E-state index in [1.807, 2.05) is 18.2 Å². The predicted molar refractivity (Wildman–Crippen MR) is 102 cm³/mol. The minimum absolute atomic E-state index is 0.338. The van der Waals surface area contributed by atoms with Crippen molar-refractivity contribution in [3.63, 3.8) is 0 Å². The molecule has 0 saturated heterocycles. The Hall–Kier alpha value is -2.99. The number of benzene rings is 3. The Kier molecular flexibility index (Phi) is 4.05. The zero-order valence-corrected chi connectivity index (χ0v) is 15.1. The molecule has 0 spiro atoms. The highest BCUT2D eigenvalue weighted by Crippen LogP contribution is 2.29. The van der Waals surface area contributed by atoms with Gasteiger partial charge in [-0.1, -0.05) is 46.3 Å². The quantitative estimate of drug-likeness (QED) is 0.669. The normalized spacial score (nSPS) is 13.2. The number of nitrogens with zero attached hydrogens (tertiary/aromatic N) is 1. The number of halogens is 1. The first kappa shape index (κ1) is 16.5. The highest BCUT2D eigenvalue weighted by Gasteiger charge is 2.33. The van der Waals surface area contributed by atoms with E-state index in [4.69, 9.17) is 0 Å². The third kappa shape index (κ3) is 2.78. The summed E-state index contributed by atoms with van der Waals surface area (Å²) in [7, 11) is 0. The summed E-state index contributed by atoms with van der Waals surface area (Å²) in [5.41, 5.74) is 1.46. The standard InChI is InChI=1S/C20H13BrN2O3/c21-13-6-3-7-14(10-13)22-17(24)11-23-19(25)15-8-1-4-12-5-2-9-16(18(12)15)20(23)26/h1-10H,11H2,(H,22,24). The summed E-state index contributed by atoms with van der Waals surface area (Å²) in [5.74, 6) is -1.34. The Bertz CT molecular complexity index is 1030. The van der Waals surface area contributed by atoms with Gasteiger partial charge in [0, 0.05) is 26.7 Å². The number of carbonyl (C=O) groups is 3. The molecule has 3 aromatic rings. The average Bonchev–Trinajstić information content (AvgIpc) is 2.63. The topological polar surface area (TPSA) is 66.5 Å². The Morgan fingerprint density at radius 3 is 2.15 bits per heavy atom. The third-order valence-corrected chi connectivity index (χ3v) is 4.76. The summed E-state index contributed by atoms with van der Waals surface area (Å²) in [6.07, 6.45) is 0. The molecule has 0 saturated carbocycles. The summed E-state index contributed by atoms with van der Waals surface area (Å²) < 4.78 is 0.820. The fourth-order valence-electron chi connectivity index (χ4n) is 3.13. The van der Waals surface area contributed by atoms with Gasteiger partial charge in [-0.3, -0.25) is 19.3 Å². The lowest BCUT2D eigenvalue weighted by Crippen LogP contribution is -2.44. The highest BCUT2D eigenvalue weighted by atomic mass is 79.9. The van der Waals surface area contributed by atoms with Crippen molar-refractivity contribution >= 4 is 50.1 Å². The molecule has 128 valence electrons. The second kappa shape index (κ2) is 6.38. The lowest BCUT2D eigenvalue weighted by atomic mass is 9.94. The van der Waals surface area contributed by atoms with E-state index in [2.05, 4.69) is 21.2 Å². The van der Waals surface area contributed by atoms with Gasteiger partial charge in [-0.05, 0) is 35.7 Å². The fraction of sp³-hybridized carbons (Fsp3) is 0.0500. The van der Waals surface area contributed by atoms with Gasteiger partial charge in [-0.2, -0.15) is 0 Å². The lowest BCUT2D eigenvalue weighted by molar-refractivity contribution is -0.116. The van der Waals surface area contributed by atoms with Gasteiger partial charge in [-0.25, -0.2) is 0 Å². The van der Waals surface area contributed by atoms with E-state index in [0.717, 1.165) is 14.8 Å². The van der Waals surface area contributed by atoms with E-state index in [1.165, 1.54) is 0 Å². The monoisotopic (exact) mass is 408 g/mol. The van der Waals surface area contributed by atoms with Crippen molar-refractivity contribution in [1.82, 2.24) is 4.90 Å². The fourth-order valence-corrected chi connectivity index (χ4v) is 3.53. The molecule has 0 fully saturated rings. The molecule has 0 aliphatic carbocycles. The first-order valence-corrected chi connectivity index (χ1v) is 8.77. The molecule has 0 aromatic heterocycles. The van der Waals surface area contributed by atoms with Gasteiger partial charge in [0.1, 0.15) is 6.54 Å². The molecule has 3 amide bonds. The minimum Gasteiger partial charge on any atom is -0.324 e. The van der Waals surface area contributed by atoms with E-state index in [1.54, 1.807) is 42.5 Å². The molecular formula is C20H13BrN2O3. The molecule has 1 N–H and O–H groups in total. The van der Waals surface area contributed by atoms with Crippen LogP contribution in [0.1, 0.15) is 20.7 Å². The smallest absolute Gasteiger partial charge is 0.261 e. The molecule has 26 heavy (non-hydrogen) atoms. The first-order valence-electron chi connectivity index (χ1n) is 7.98. The van der Waals surface area contributed by atoms with E-state index < -0.39 is 17.7 Å². The van der Waals surface area contributed by atoms with Crippen LogP contribution in [0.4, 0.5) is 5.69 Å². The number of amides is 3. The molecule has 0 atom stereocenters. The van der Waals surface area contributed by atoms with Crippen LogP contribution in [0, 0.1) is 0 Å². The van der Waals surface area contributed by atoms with Crippen molar-refractivity contribution in [2.45, 2.75) is 0 Å². The van der Waals surface area contributed by atoms with Crippen LogP contribution in [-0.2, 0) is 4.79 Å². The van der Waals surface area contributed by atoms with Gasteiger partial charge in [0.25, 0.3) is 11.8 Å². The number of hydrogen-bond donors (Lipinski definition) is 1. The summed E-state index contributed by atoms with van der Waals surface area (Å²) in [6.45, 7) is -0.338. The van der Waals surface area contributed by atoms with Crippen molar-refractivity contribution in [3.05, 3.63) is 76.3 Å². The molecule has 0 radical (unpaired) electrons. The second-order valence-corrected chi connectivity index (χ2v) is 6.88. The molecule has 4 rings (SSSR count). The van der Waals surface area contributed by atoms with Crippen LogP contribution in [0.3, 0.4) is 0 Å². The van der Waals surface area contributed by atoms with Crippen LogP contribution in [-0.4, -0.2) is 29.2 Å². The number of imide groups is 1. The van der Waals surface area contributed by atoms with Crippen LogP contribution in [0.5, 0.6) is 0 Å². The molecule has 6 heteroatoms. The first-order chi connectivity index (χ1) is 12.5.